The zero-order valence-electron chi connectivity index (χ0n) is 13.0. The molecule has 0 radical (unpaired) electrons. The molecule has 118 valence electrons. The second kappa shape index (κ2) is 5.93. The van der Waals surface area contributed by atoms with Gasteiger partial charge in [-0.15, -0.1) is 0 Å². The molecule has 5 heteroatoms. The minimum Gasteiger partial charge on any atom is -0.497 e. The second-order valence-corrected chi connectivity index (χ2v) is 5.66. The fourth-order valence-corrected chi connectivity index (χ4v) is 2.97. The van der Waals surface area contributed by atoms with Gasteiger partial charge in [0.1, 0.15) is 11.9 Å². The van der Waals surface area contributed by atoms with E-state index in [1.165, 1.54) is 0 Å². The van der Waals surface area contributed by atoms with E-state index in [-0.39, 0.29) is 6.10 Å². The molecule has 1 aliphatic heterocycles. The Hall–Kier alpha value is -2.53. The molecule has 23 heavy (non-hydrogen) atoms. The first-order chi connectivity index (χ1) is 11.3. The van der Waals surface area contributed by atoms with Crippen molar-refractivity contribution in [3.8, 4) is 5.75 Å². The van der Waals surface area contributed by atoms with Crippen LogP contribution >= 0.6 is 0 Å². The molecule has 3 aromatic rings. The Labute approximate surface area is 134 Å². The van der Waals surface area contributed by atoms with Gasteiger partial charge in [0.15, 0.2) is 0 Å². The van der Waals surface area contributed by atoms with Crippen LogP contribution in [-0.2, 0) is 4.74 Å². The lowest BCUT2D eigenvalue weighted by Gasteiger charge is -2.33. The number of ether oxygens (including phenoxy) is 2. The first kappa shape index (κ1) is 14.1. The Balaban J connectivity index is 1.58. The van der Waals surface area contributed by atoms with Crippen molar-refractivity contribution in [1.29, 1.82) is 0 Å². The summed E-state index contributed by atoms with van der Waals surface area (Å²) in [6, 6.07) is 16.2. The number of rotatable bonds is 3. The average molecular weight is 309 g/mol. The number of nitrogens with zero attached hydrogens (tertiary/aromatic N) is 2. The quantitative estimate of drug-likeness (QED) is 0.807. The van der Waals surface area contributed by atoms with Gasteiger partial charge in [0.2, 0.25) is 5.95 Å². The molecular weight excluding hydrogens is 290 g/mol. The summed E-state index contributed by atoms with van der Waals surface area (Å²) in [5, 5.41) is 0. The lowest BCUT2D eigenvalue weighted by Crippen LogP contribution is -2.39. The van der Waals surface area contributed by atoms with E-state index < -0.39 is 0 Å². The summed E-state index contributed by atoms with van der Waals surface area (Å²) in [5.74, 6) is 1.76. The van der Waals surface area contributed by atoms with E-state index in [9.17, 15) is 0 Å². The van der Waals surface area contributed by atoms with E-state index in [4.69, 9.17) is 9.47 Å². The molecule has 0 spiro atoms. The van der Waals surface area contributed by atoms with Crippen LogP contribution in [0.1, 0.15) is 11.7 Å². The van der Waals surface area contributed by atoms with Crippen molar-refractivity contribution < 1.29 is 9.47 Å². The Morgan fingerprint density at radius 2 is 2.13 bits per heavy atom. The number of methoxy groups -OCH3 is 1. The maximum atomic E-state index is 5.95. The Morgan fingerprint density at radius 1 is 1.22 bits per heavy atom. The number of benzene rings is 2. The van der Waals surface area contributed by atoms with Crippen molar-refractivity contribution in [2.45, 2.75) is 6.10 Å². The van der Waals surface area contributed by atoms with E-state index in [0.29, 0.717) is 6.61 Å². The minimum absolute atomic E-state index is 0.0204. The summed E-state index contributed by atoms with van der Waals surface area (Å²) >= 11 is 0. The highest BCUT2D eigenvalue weighted by Gasteiger charge is 2.24. The van der Waals surface area contributed by atoms with Crippen molar-refractivity contribution in [3.63, 3.8) is 0 Å². The van der Waals surface area contributed by atoms with Crippen molar-refractivity contribution in [2.24, 2.45) is 0 Å². The Bertz CT molecular complexity index is 782. The lowest BCUT2D eigenvalue weighted by molar-refractivity contribution is 0.0392. The van der Waals surface area contributed by atoms with Crippen molar-refractivity contribution in [1.82, 2.24) is 9.97 Å². The van der Waals surface area contributed by atoms with Gasteiger partial charge in [0.25, 0.3) is 0 Å². The number of hydrogen-bond donors (Lipinski definition) is 1. The number of anilines is 1. The fraction of sp³-hybridized carbons (Fsp3) is 0.278. The van der Waals surface area contributed by atoms with Crippen molar-refractivity contribution >= 4 is 17.0 Å². The van der Waals surface area contributed by atoms with E-state index in [2.05, 4.69) is 20.9 Å². The summed E-state index contributed by atoms with van der Waals surface area (Å²) < 4.78 is 11.3. The number of para-hydroxylation sites is 2. The topological polar surface area (TPSA) is 50.4 Å². The van der Waals surface area contributed by atoms with E-state index in [0.717, 1.165) is 41.4 Å². The maximum absolute atomic E-state index is 5.95. The number of H-pyrrole nitrogens is 1. The van der Waals surface area contributed by atoms with Gasteiger partial charge in [-0.3, -0.25) is 0 Å². The molecule has 1 aliphatic rings. The summed E-state index contributed by atoms with van der Waals surface area (Å²) in [7, 11) is 1.68. The zero-order valence-corrected chi connectivity index (χ0v) is 13.0. The number of nitrogens with one attached hydrogen (secondary N) is 1. The molecule has 0 bridgehead atoms. The van der Waals surface area contributed by atoms with Crippen LogP contribution in [-0.4, -0.2) is 36.8 Å². The molecule has 0 amide bonds. The van der Waals surface area contributed by atoms with Gasteiger partial charge in [0.05, 0.1) is 31.3 Å². The number of hydrogen-bond acceptors (Lipinski definition) is 4. The third kappa shape index (κ3) is 2.75. The van der Waals surface area contributed by atoms with E-state index >= 15 is 0 Å². The summed E-state index contributed by atoms with van der Waals surface area (Å²) in [4.78, 5) is 10.3. The van der Waals surface area contributed by atoms with Gasteiger partial charge in [0, 0.05) is 6.54 Å². The molecule has 1 aromatic heterocycles. The normalized spacial score (nSPS) is 18.3. The van der Waals surface area contributed by atoms with Crippen molar-refractivity contribution in [3.05, 3.63) is 54.1 Å². The first-order valence-corrected chi connectivity index (χ1v) is 7.79. The highest BCUT2D eigenvalue weighted by Crippen LogP contribution is 2.27. The largest absolute Gasteiger partial charge is 0.497 e. The smallest absolute Gasteiger partial charge is 0.204 e. The summed E-state index contributed by atoms with van der Waals surface area (Å²) in [6.07, 6.45) is 0.0204. The van der Waals surface area contributed by atoms with Gasteiger partial charge in [-0.2, -0.15) is 0 Å². The van der Waals surface area contributed by atoms with Gasteiger partial charge < -0.3 is 19.4 Å². The summed E-state index contributed by atoms with van der Waals surface area (Å²) in [6.45, 7) is 2.28. The van der Waals surface area contributed by atoms with Crippen LogP contribution in [0.15, 0.2) is 48.5 Å². The molecule has 5 nitrogen and oxygen atoms in total. The van der Waals surface area contributed by atoms with Crippen molar-refractivity contribution in [2.75, 3.05) is 31.7 Å². The number of fused-ring (bicyclic) bond motifs is 1. The molecule has 1 unspecified atom stereocenters. The highest BCUT2D eigenvalue weighted by atomic mass is 16.5. The van der Waals surface area contributed by atoms with Gasteiger partial charge in [-0.1, -0.05) is 24.3 Å². The molecule has 1 atom stereocenters. The number of morpholine rings is 1. The van der Waals surface area contributed by atoms with E-state index in [1.807, 2.05) is 42.5 Å². The minimum atomic E-state index is 0.0204. The number of aromatic amines is 1. The zero-order chi connectivity index (χ0) is 15.6. The van der Waals surface area contributed by atoms with Gasteiger partial charge in [-0.25, -0.2) is 4.98 Å². The monoisotopic (exact) mass is 309 g/mol. The molecule has 1 saturated heterocycles. The molecule has 0 saturated carbocycles. The third-order valence-corrected chi connectivity index (χ3v) is 4.21. The van der Waals surface area contributed by atoms with Crippen LogP contribution in [0.5, 0.6) is 5.75 Å². The first-order valence-electron chi connectivity index (χ1n) is 7.79. The van der Waals surface area contributed by atoms with Crippen LogP contribution in [0.3, 0.4) is 0 Å². The van der Waals surface area contributed by atoms with Crippen LogP contribution < -0.4 is 9.64 Å². The molecule has 4 rings (SSSR count). The predicted octanol–water partition coefficient (Wildman–Crippen LogP) is 3.15. The maximum Gasteiger partial charge on any atom is 0.204 e. The average Bonchev–Trinajstić information content (AvgIpc) is 3.06. The van der Waals surface area contributed by atoms with Crippen LogP contribution in [0.2, 0.25) is 0 Å². The molecule has 1 N–H and O–H groups in total. The predicted molar refractivity (Wildman–Crippen MR) is 90.0 cm³/mol. The number of aromatic nitrogens is 2. The third-order valence-electron chi connectivity index (χ3n) is 4.21. The molecule has 2 aromatic carbocycles. The van der Waals surface area contributed by atoms with Crippen LogP contribution in [0.4, 0.5) is 5.95 Å². The number of imidazole rings is 1. The molecule has 0 aliphatic carbocycles. The van der Waals surface area contributed by atoms with Crippen LogP contribution in [0, 0.1) is 0 Å². The Morgan fingerprint density at radius 3 is 3.00 bits per heavy atom. The molecular formula is C18H19N3O2. The van der Waals surface area contributed by atoms with Gasteiger partial charge >= 0.3 is 0 Å². The lowest BCUT2D eigenvalue weighted by atomic mass is 10.1. The van der Waals surface area contributed by atoms with Crippen LogP contribution in [0.25, 0.3) is 11.0 Å². The summed E-state index contributed by atoms with van der Waals surface area (Å²) in [5.41, 5.74) is 3.18. The molecule has 1 fully saturated rings. The molecule has 2 heterocycles. The second-order valence-electron chi connectivity index (χ2n) is 5.66. The fourth-order valence-electron chi connectivity index (χ4n) is 2.97. The Kier molecular flexibility index (Phi) is 3.63. The van der Waals surface area contributed by atoms with Gasteiger partial charge in [-0.05, 0) is 29.8 Å². The van der Waals surface area contributed by atoms with E-state index in [1.54, 1.807) is 7.11 Å². The standard InChI is InChI=1S/C18H19N3O2/c1-22-14-6-4-5-13(11-14)17-12-21(9-10-23-17)18-19-15-7-2-3-8-16(15)20-18/h2-8,11,17H,9-10,12H2,1H3,(H,19,20). The SMILES string of the molecule is COc1cccc(C2CN(c3nc4ccccc4[nH]3)CCO2)c1. The highest BCUT2D eigenvalue weighted by molar-refractivity contribution is 5.77.